The van der Waals surface area contributed by atoms with Crippen molar-refractivity contribution in [1.82, 2.24) is 14.9 Å². The van der Waals surface area contributed by atoms with E-state index in [1.165, 1.54) is 11.3 Å². The monoisotopic (exact) mass is 149 g/mol. The van der Waals surface area contributed by atoms with Crippen LogP contribution in [0.1, 0.15) is 18.2 Å². The van der Waals surface area contributed by atoms with E-state index in [-0.39, 0.29) is 0 Å². The van der Waals surface area contributed by atoms with E-state index in [9.17, 15) is 0 Å². The summed E-state index contributed by atoms with van der Waals surface area (Å²) < 4.78 is 0. The maximum atomic E-state index is 4.20. The lowest BCUT2D eigenvalue weighted by Gasteiger charge is -2.08. The van der Waals surface area contributed by atoms with Crippen LogP contribution >= 0.6 is 0 Å². The van der Waals surface area contributed by atoms with Gasteiger partial charge in [-0.25, -0.2) is 9.97 Å². The van der Waals surface area contributed by atoms with E-state index in [1.807, 2.05) is 6.20 Å². The number of hydrogen-bond donors (Lipinski definition) is 0. The van der Waals surface area contributed by atoms with Crippen LogP contribution in [0.5, 0.6) is 0 Å². The van der Waals surface area contributed by atoms with Gasteiger partial charge in [0.1, 0.15) is 6.33 Å². The number of fused-ring (bicyclic) bond motifs is 1. The van der Waals surface area contributed by atoms with Gasteiger partial charge in [-0.05, 0) is 6.54 Å². The van der Waals surface area contributed by atoms with Crippen LogP contribution in [0.2, 0.25) is 0 Å². The lowest BCUT2D eigenvalue weighted by Crippen LogP contribution is -2.14. The highest BCUT2D eigenvalue weighted by atomic mass is 15.1. The smallest absolute Gasteiger partial charge is 0.115 e. The molecule has 0 N–H and O–H groups in total. The van der Waals surface area contributed by atoms with Gasteiger partial charge in [0.15, 0.2) is 0 Å². The summed E-state index contributed by atoms with van der Waals surface area (Å²) in [7, 11) is 0. The standard InChI is InChI=1S/C8H11N3/c1-2-11-4-7-3-9-6-10-8(7)5-11/h3,6H,2,4-5H2,1H3. The van der Waals surface area contributed by atoms with Crippen molar-refractivity contribution in [3.63, 3.8) is 0 Å². The van der Waals surface area contributed by atoms with Crippen molar-refractivity contribution in [3.05, 3.63) is 23.8 Å². The molecule has 0 aliphatic carbocycles. The minimum Gasteiger partial charge on any atom is -0.293 e. The van der Waals surface area contributed by atoms with Crippen molar-refractivity contribution < 1.29 is 0 Å². The Morgan fingerprint density at radius 2 is 2.45 bits per heavy atom. The van der Waals surface area contributed by atoms with Crippen molar-refractivity contribution in [3.8, 4) is 0 Å². The van der Waals surface area contributed by atoms with Crippen molar-refractivity contribution in [2.75, 3.05) is 6.54 Å². The average molecular weight is 149 g/mol. The van der Waals surface area contributed by atoms with Gasteiger partial charge in [-0.1, -0.05) is 6.92 Å². The Hall–Kier alpha value is -0.960. The van der Waals surface area contributed by atoms with E-state index >= 15 is 0 Å². The van der Waals surface area contributed by atoms with E-state index in [2.05, 4.69) is 21.8 Å². The van der Waals surface area contributed by atoms with Crippen LogP contribution in [0.25, 0.3) is 0 Å². The molecule has 1 aliphatic heterocycles. The molecule has 2 rings (SSSR count). The summed E-state index contributed by atoms with van der Waals surface area (Å²) in [6.45, 7) is 5.27. The molecule has 0 saturated carbocycles. The molecular formula is C8H11N3. The summed E-state index contributed by atoms with van der Waals surface area (Å²) >= 11 is 0. The lowest BCUT2D eigenvalue weighted by molar-refractivity contribution is 0.299. The van der Waals surface area contributed by atoms with E-state index in [1.54, 1.807) is 6.33 Å². The Morgan fingerprint density at radius 3 is 3.18 bits per heavy atom. The fraction of sp³-hybridized carbons (Fsp3) is 0.500. The Kier molecular flexibility index (Phi) is 1.58. The molecule has 3 nitrogen and oxygen atoms in total. The zero-order chi connectivity index (χ0) is 7.68. The van der Waals surface area contributed by atoms with E-state index in [4.69, 9.17) is 0 Å². The fourth-order valence-electron chi connectivity index (χ4n) is 1.39. The molecule has 0 saturated heterocycles. The predicted molar refractivity (Wildman–Crippen MR) is 41.8 cm³/mol. The predicted octanol–water partition coefficient (Wildman–Crippen LogP) is 0.812. The normalized spacial score (nSPS) is 16.8. The second-order valence-corrected chi connectivity index (χ2v) is 2.80. The van der Waals surface area contributed by atoms with Crippen molar-refractivity contribution in [2.24, 2.45) is 0 Å². The third-order valence-electron chi connectivity index (χ3n) is 2.10. The number of rotatable bonds is 1. The Morgan fingerprint density at radius 1 is 1.55 bits per heavy atom. The summed E-state index contributed by atoms with van der Waals surface area (Å²) in [4.78, 5) is 10.5. The average Bonchev–Trinajstić information content (AvgIpc) is 2.46. The molecule has 11 heavy (non-hydrogen) atoms. The maximum Gasteiger partial charge on any atom is 0.115 e. The van der Waals surface area contributed by atoms with Gasteiger partial charge in [-0.2, -0.15) is 0 Å². The second kappa shape index (κ2) is 2.58. The molecule has 0 radical (unpaired) electrons. The van der Waals surface area contributed by atoms with Gasteiger partial charge in [0, 0.05) is 24.8 Å². The molecule has 0 fully saturated rings. The fourth-order valence-corrected chi connectivity index (χ4v) is 1.39. The summed E-state index contributed by atoms with van der Waals surface area (Å²) in [5.74, 6) is 0. The number of aromatic nitrogens is 2. The zero-order valence-corrected chi connectivity index (χ0v) is 6.62. The highest BCUT2D eigenvalue weighted by molar-refractivity contribution is 5.19. The van der Waals surface area contributed by atoms with Gasteiger partial charge < -0.3 is 0 Å². The Bertz CT molecular complexity index is 234. The minimum atomic E-state index is 0.994. The van der Waals surface area contributed by atoms with Gasteiger partial charge in [0.05, 0.1) is 5.69 Å². The van der Waals surface area contributed by atoms with Gasteiger partial charge in [0.2, 0.25) is 0 Å². The van der Waals surface area contributed by atoms with Crippen LogP contribution in [0, 0.1) is 0 Å². The van der Waals surface area contributed by atoms with Gasteiger partial charge >= 0.3 is 0 Å². The highest BCUT2D eigenvalue weighted by Crippen LogP contribution is 2.17. The topological polar surface area (TPSA) is 29.0 Å². The molecule has 0 atom stereocenters. The summed E-state index contributed by atoms with van der Waals surface area (Å²) in [6, 6.07) is 0. The largest absolute Gasteiger partial charge is 0.293 e. The third-order valence-corrected chi connectivity index (χ3v) is 2.10. The Balaban J connectivity index is 2.27. The van der Waals surface area contributed by atoms with Crippen LogP contribution < -0.4 is 0 Å². The first-order chi connectivity index (χ1) is 5.40. The molecule has 2 heterocycles. The quantitative estimate of drug-likeness (QED) is 0.591. The highest BCUT2D eigenvalue weighted by Gasteiger charge is 2.17. The molecule has 0 unspecified atom stereocenters. The van der Waals surface area contributed by atoms with Crippen LogP contribution in [-0.2, 0) is 13.1 Å². The van der Waals surface area contributed by atoms with Crippen molar-refractivity contribution in [1.29, 1.82) is 0 Å². The van der Waals surface area contributed by atoms with E-state index in [0.29, 0.717) is 0 Å². The molecule has 58 valence electrons. The Labute approximate surface area is 66.1 Å². The molecule has 3 heteroatoms. The molecule has 0 spiro atoms. The second-order valence-electron chi connectivity index (χ2n) is 2.80. The molecule has 0 bridgehead atoms. The van der Waals surface area contributed by atoms with Crippen LogP contribution in [0.3, 0.4) is 0 Å². The van der Waals surface area contributed by atoms with Gasteiger partial charge in [0.25, 0.3) is 0 Å². The van der Waals surface area contributed by atoms with E-state index in [0.717, 1.165) is 19.6 Å². The molecule has 0 aromatic carbocycles. The molecule has 0 amide bonds. The lowest BCUT2D eigenvalue weighted by atomic mass is 10.3. The summed E-state index contributed by atoms with van der Waals surface area (Å²) in [5.41, 5.74) is 2.48. The van der Waals surface area contributed by atoms with E-state index < -0.39 is 0 Å². The first kappa shape index (κ1) is 6.73. The summed E-state index contributed by atoms with van der Waals surface area (Å²) in [6.07, 6.45) is 3.54. The maximum absolute atomic E-state index is 4.20. The minimum absolute atomic E-state index is 0.994. The van der Waals surface area contributed by atoms with Crippen LogP contribution in [0.15, 0.2) is 12.5 Å². The van der Waals surface area contributed by atoms with Gasteiger partial charge in [-0.15, -0.1) is 0 Å². The molecule has 1 aliphatic rings. The van der Waals surface area contributed by atoms with Crippen molar-refractivity contribution >= 4 is 0 Å². The van der Waals surface area contributed by atoms with Crippen LogP contribution in [0.4, 0.5) is 0 Å². The van der Waals surface area contributed by atoms with Crippen molar-refractivity contribution in [2.45, 2.75) is 20.0 Å². The third kappa shape index (κ3) is 1.12. The van der Waals surface area contributed by atoms with Crippen LogP contribution in [-0.4, -0.2) is 21.4 Å². The molecular weight excluding hydrogens is 138 g/mol. The number of hydrogen-bond acceptors (Lipinski definition) is 3. The molecule has 1 aromatic heterocycles. The number of nitrogens with zero attached hydrogens (tertiary/aromatic N) is 3. The summed E-state index contributed by atoms with van der Waals surface area (Å²) in [5, 5.41) is 0. The van der Waals surface area contributed by atoms with Gasteiger partial charge in [-0.3, -0.25) is 4.90 Å². The first-order valence-corrected chi connectivity index (χ1v) is 3.90. The molecule has 1 aromatic rings. The zero-order valence-electron chi connectivity index (χ0n) is 6.62. The first-order valence-electron chi connectivity index (χ1n) is 3.90. The SMILES string of the molecule is CCN1Cc2cncnc2C1.